The van der Waals surface area contributed by atoms with Gasteiger partial charge in [-0.1, -0.05) is 6.07 Å². The largest absolute Gasteiger partial charge is 0.481 e. The first kappa shape index (κ1) is 11.7. The summed E-state index contributed by atoms with van der Waals surface area (Å²) < 4.78 is 5.63. The van der Waals surface area contributed by atoms with Crippen LogP contribution in [0.1, 0.15) is 28.2 Å². The minimum absolute atomic E-state index is 0.0391. The Balaban J connectivity index is 2.84. The third kappa shape index (κ3) is 1.82. The van der Waals surface area contributed by atoms with Gasteiger partial charge in [0.2, 0.25) is 0 Å². The first-order valence-corrected chi connectivity index (χ1v) is 5.62. The van der Waals surface area contributed by atoms with E-state index in [1.54, 1.807) is 0 Å². The van der Waals surface area contributed by atoms with Crippen molar-refractivity contribution in [2.75, 3.05) is 0 Å². The molecule has 2 rings (SSSR count). The lowest BCUT2D eigenvalue weighted by Gasteiger charge is -2.07. The fourth-order valence-electron chi connectivity index (χ4n) is 2.46. The van der Waals surface area contributed by atoms with Gasteiger partial charge in [0.05, 0.1) is 6.42 Å². The van der Waals surface area contributed by atoms with Crippen LogP contribution in [0.15, 0.2) is 10.5 Å². The van der Waals surface area contributed by atoms with Gasteiger partial charge >= 0.3 is 5.97 Å². The molecule has 0 saturated carbocycles. The number of carbonyl (C=O) groups is 1. The Morgan fingerprint density at radius 3 is 2.35 bits per heavy atom. The van der Waals surface area contributed by atoms with Gasteiger partial charge in [0, 0.05) is 10.8 Å². The van der Waals surface area contributed by atoms with Crippen LogP contribution in [0.2, 0.25) is 0 Å². The van der Waals surface area contributed by atoms with Crippen molar-refractivity contribution in [1.82, 2.24) is 0 Å². The van der Waals surface area contributed by atoms with Crippen LogP contribution >= 0.6 is 0 Å². The zero-order chi connectivity index (χ0) is 12.7. The second-order valence-electron chi connectivity index (χ2n) is 4.51. The monoisotopic (exact) mass is 232 g/mol. The van der Waals surface area contributed by atoms with Crippen LogP contribution in [0.4, 0.5) is 0 Å². The molecule has 1 N–H and O–H groups in total. The molecule has 1 heterocycles. The highest BCUT2D eigenvalue weighted by Gasteiger charge is 2.16. The van der Waals surface area contributed by atoms with Gasteiger partial charge in [0.1, 0.15) is 11.5 Å². The Kier molecular flexibility index (Phi) is 2.69. The van der Waals surface area contributed by atoms with Crippen LogP contribution in [-0.2, 0) is 11.2 Å². The summed E-state index contributed by atoms with van der Waals surface area (Å²) >= 11 is 0. The van der Waals surface area contributed by atoms with Crippen LogP contribution in [0.5, 0.6) is 0 Å². The van der Waals surface area contributed by atoms with E-state index in [0.717, 1.165) is 33.4 Å². The molecular formula is C14H16O3. The van der Waals surface area contributed by atoms with Gasteiger partial charge in [0.25, 0.3) is 0 Å². The van der Waals surface area contributed by atoms with Crippen molar-refractivity contribution in [2.24, 2.45) is 0 Å². The van der Waals surface area contributed by atoms with Gasteiger partial charge in [-0.05, 0) is 44.4 Å². The number of aliphatic carboxylic acids is 1. The van der Waals surface area contributed by atoms with Gasteiger partial charge in [-0.25, -0.2) is 0 Å². The Morgan fingerprint density at radius 1 is 1.18 bits per heavy atom. The topological polar surface area (TPSA) is 50.4 Å². The third-order valence-corrected chi connectivity index (χ3v) is 3.28. The third-order valence-electron chi connectivity index (χ3n) is 3.28. The van der Waals surface area contributed by atoms with Crippen molar-refractivity contribution in [3.63, 3.8) is 0 Å². The van der Waals surface area contributed by atoms with E-state index >= 15 is 0 Å². The fraction of sp³-hybridized carbons (Fsp3) is 0.357. The Hall–Kier alpha value is -1.77. The molecule has 0 aliphatic heterocycles. The first-order chi connectivity index (χ1) is 7.91. The molecule has 0 radical (unpaired) electrons. The molecule has 1 aromatic carbocycles. The van der Waals surface area contributed by atoms with Gasteiger partial charge in [-0.15, -0.1) is 0 Å². The number of aryl methyl sites for hydroxylation is 4. The SMILES string of the molecule is Cc1cc(CC(=O)O)c2c(C)oc(C)c2c1C. The number of fused-ring (bicyclic) bond motifs is 1. The highest BCUT2D eigenvalue weighted by atomic mass is 16.4. The number of carboxylic acids is 1. The summed E-state index contributed by atoms with van der Waals surface area (Å²) in [4.78, 5) is 10.9. The molecular weight excluding hydrogens is 216 g/mol. The van der Waals surface area contributed by atoms with Crippen LogP contribution in [-0.4, -0.2) is 11.1 Å². The minimum atomic E-state index is -0.812. The molecule has 0 unspecified atom stereocenters. The summed E-state index contributed by atoms with van der Waals surface area (Å²) in [6, 6.07) is 1.95. The summed E-state index contributed by atoms with van der Waals surface area (Å²) in [6.45, 7) is 7.86. The molecule has 90 valence electrons. The predicted octanol–water partition coefficient (Wildman–Crippen LogP) is 3.29. The lowest BCUT2D eigenvalue weighted by molar-refractivity contribution is -0.136. The molecule has 0 aliphatic carbocycles. The van der Waals surface area contributed by atoms with Crippen LogP contribution < -0.4 is 0 Å². The molecule has 17 heavy (non-hydrogen) atoms. The van der Waals surface area contributed by atoms with E-state index in [9.17, 15) is 4.79 Å². The minimum Gasteiger partial charge on any atom is -0.481 e. The molecule has 3 heteroatoms. The summed E-state index contributed by atoms with van der Waals surface area (Å²) in [5.41, 5.74) is 3.12. The Bertz CT molecular complexity index is 606. The quantitative estimate of drug-likeness (QED) is 0.864. The van der Waals surface area contributed by atoms with Crippen molar-refractivity contribution in [1.29, 1.82) is 0 Å². The number of carboxylic acid groups (broad SMARTS) is 1. The zero-order valence-electron chi connectivity index (χ0n) is 10.5. The molecule has 0 saturated heterocycles. The van der Waals surface area contributed by atoms with Crippen molar-refractivity contribution in [2.45, 2.75) is 34.1 Å². The molecule has 2 aromatic rings. The van der Waals surface area contributed by atoms with Crippen molar-refractivity contribution >= 4 is 16.7 Å². The van der Waals surface area contributed by atoms with E-state index in [-0.39, 0.29) is 6.42 Å². The highest BCUT2D eigenvalue weighted by Crippen LogP contribution is 2.33. The first-order valence-electron chi connectivity index (χ1n) is 5.62. The molecule has 0 spiro atoms. The lowest BCUT2D eigenvalue weighted by Crippen LogP contribution is -2.02. The summed E-state index contributed by atoms with van der Waals surface area (Å²) in [7, 11) is 0. The van der Waals surface area contributed by atoms with E-state index < -0.39 is 5.97 Å². The van der Waals surface area contributed by atoms with E-state index in [2.05, 4.69) is 0 Å². The van der Waals surface area contributed by atoms with Gasteiger partial charge < -0.3 is 9.52 Å². The Labute approximate surface area is 100 Å². The fourth-order valence-corrected chi connectivity index (χ4v) is 2.46. The lowest BCUT2D eigenvalue weighted by atomic mass is 9.95. The molecule has 3 nitrogen and oxygen atoms in total. The maximum atomic E-state index is 10.9. The number of furan rings is 1. The second kappa shape index (κ2) is 3.91. The van der Waals surface area contributed by atoms with Crippen molar-refractivity contribution in [3.8, 4) is 0 Å². The smallest absolute Gasteiger partial charge is 0.307 e. The maximum absolute atomic E-state index is 10.9. The number of hydrogen-bond acceptors (Lipinski definition) is 2. The maximum Gasteiger partial charge on any atom is 0.307 e. The van der Waals surface area contributed by atoms with Crippen LogP contribution in [0.25, 0.3) is 10.8 Å². The number of hydrogen-bond donors (Lipinski definition) is 1. The van der Waals surface area contributed by atoms with Gasteiger partial charge in [-0.3, -0.25) is 4.79 Å². The normalized spacial score (nSPS) is 11.1. The van der Waals surface area contributed by atoms with E-state index in [1.165, 1.54) is 5.56 Å². The standard InChI is InChI=1S/C14H16O3/c1-7-5-11(6-12(15)16)14-10(4)17-9(3)13(14)8(7)2/h5H,6H2,1-4H3,(H,15,16). The molecule has 0 atom stereocenters. The average molecular weight is 232 g/mol. The molecule has 1 aromatic heterocycles. The van der Waals surface area contributed by atoms with Crippen molar-refractivity contribution in [3.05, 3.63) is 34.3 Å². The van der Waals surface area contributed by atoms with Crippen molar-refractivity contribution < 1.29 is 14.3 Å². The zero-order valence-corrected chi connectivity index (χ0v) is 10.5. The van der Waals surface area contributed by atoms with E-state index in [0.29, 0.717) is 0 Å². The van der Waals surface area contributed by atoms with Crippen LogP contribution in [0, 0.1) is 27.7 Å². The second-order valence-corrected chi connectivity index (χ2v) is 4.51. The molecule has 0 bridgehead atoms. The molecule has 0 aliphatic rings. The Morgan fingerprint density at radius 2 is 1.76 bits per heavy atom. The summed E-state index contributed by atoms with van der Waals surface area (Å²) in [5, 5.41) is 11.0. The number of benzene rings is 1. The van der Waals surface area contributed by atoms with E-state index in [1.807, 2.05) is 33.8 Å². The summed E-state index contributed by atoms with van der Waals surface area (Å²) in [5.74, 6) is 0.856. The van der Waals surface area contributed by atoms with Gasteiger partial charge in [-0.2, -0.15) is 0 Å². The predicted molar refractivity (Wildman–Crippen MR) is 66.5 cm³/mol. The average Bonchev–Trinajstić information content (AvgIpc) is 2.49. The number of rotatable bonds is 2. The van der Waals surface area contributed by atoms with Gasteiger partial charge in [0.15, 0.2) is 0 Å². The highest BCUT2D eigenvalue weighted by molar-refractivity contribution is 5.95. The molecule has 0 amide bonds. The van der Waals surface area contributed by atoms with Crippen LogP contribution in [0.3, 0.4) is 0 Å². The molecule has 0 fully saturated rings. The van der Waals surface area contributed by atoms with E-state index in [4.69, 9.17) is 9.52 Å². The summed E-state index contributed by atoms with van der Waals surface area (Å²) in [6.07, 6.45) is 0.0391.